The first kappa shape index (κ1) is 20.0. The summed E-state index contributed by atoms with van der Waals surface area (Å²) in [6.45, 7) is 2.35. The second kappa shape index (κ2) is 9.05. The normalized spacial score (nSPS) is 14.7. The highest BCUT2D eigenvalue weighted by atomic mass is 35.5. The first-order valence-electron chi connectivity index (χ1n) is 9.65. The van der Waals surface area contributed by atoms with Crippen LogP contribution in [0.5, 0.6) is 0 Å². The van der Waals surface area contributed by atoms with Crippen LogP contribution in [0.25, 0.3) is 11.6 Å². The van der Waals surface area contributed by atoms with Gasteiger partial charge in [0, 0.05) is 49.2 Å². The minimum atomic E-state index is -0.347. The largest absolute Gasteiger partial charge is 0.337 e. The van der Waals surface area contributed by atoms with Gasteiger partial charge in [0.1, 0.15) is 5.82 Å². The summed E-state index contributed by atoms with van der Waals surface area (Å²) in [5.74, 6) is 0.199. The zero-order valence-corrected chi connectivity index (χ0v) is 17.0. The Morgan fingerprint density at radius 1 is 0.933 bits per heavy atom. The van der Waals surface area contributed by atoms with E-state index in [0.717, 1.165) is 5.56 Å². The van der Waals surface area contributed by atoms with E-state index in [2.05, 4.69) is 14.9 Å². The number of carbonyl (C=O) groups excluding carboxylic acids is 1. The summed E-state index contributed by atoms with van der Waals surface area (Å²) in [5.41, 5.74) is 1.87. The standard InChI is InChI=1S/C23H20ClFN4O/c24-21-5-2-1-4-18(21)16-20(17-6-8-19(25)9-7-17)22(30)28-12-14-29(15-13-28)23-26-10-3-11-27-23/h1-11,16H,12-15H2/b20-16+. The summed E-state index contributed by atoms with van der Waals surface area (Å²) in [5, 5.41) is 0.552. The van der Waals surface area contributed by atoms with E-state index in [4.69, 9.17) is 11.6 Å². The van der Waals surface area contributed by atoms with Crippen LogP contribution in [0.3, 0.4) is 0 Å². The van der Waals surface area contributed by atoms with Gasteiger partial charge < -0.3 is 9.80 Å². The number of rotatable bonds is 4. The van der Waals surface area contributed by atoms with E-state index in [0.29, 0.717) is 48.3 Å². The van der Waals surface area contributed by atoms with Crippen LogP contribution in [0.1, 0.15) is 11.1 Å². The zero-order chi connectivity index (χ0) is 20.9. The summed E-state index contributed by atoms with van der Waals surface area (Å²) in [6.07, 6.45) is 5.18. The summed E-state index contributed by atoms with van der Waals surface area (Å²) < 4.78 is 13.4. The van der Waals surface area contributed by atoms with Crippen LogP contribution in [-0.4, -0.2) is 47.0 Å². The number of nitrogens with zero attached hydrogens (tertiary/aromatic N) is 4. The Hall–Kier alpha value is -3.25. The highest BCUT2D eigenvalue weighted by molar-refractivity contribution is 6.33. The number of hydrogen-bond donors (Lipinski definition) is 0. The molecule has 0 radical (unpaired) electrons. The predicted octanol–water partition coefficient (Wildman–Crippen LogP) is 4.16. The van der Waals surface area contributed by atoms with Crippen molar-refractivity contribution in [3.8, 4) is 0 Å². The van der Waals surface area contributed by atoms with E-state index >= 15 is 0 Å². The molecule has 4 rings (SSSR count). The van der Waals surface area contributed by atoms with E-state index in [1.165, 1.54) is 12.1 Å². The van der Waals surface area contributed by atoms with E-state index < -0.39 is 0 Å². The lowest BCUT2D eigenvalue weighted by Gasteiger charge is -2.35. The van der Waals surface area contributed by atoms with Gasteiger partial charge >= 0.3 is 0 Å². The molecule has 0 unspecified atom stereocenters. The maximum absolute atomic E-state index is 13.4. The number of amides is 1. The second-order valence-electron chi connectivity index (χ2n) is 6.91. The molecule has 1 amide bonds. The molecule has 1 aliphatic rings. The van der Waals surface area contributed by atoms with E-state index in [1.807, 2.05) is 18.2 Å². The fourth-order valence-electron chi connectivity index (χ4n) is 3.38. The zero-order valence-electron chi connectivity index (χ0n) is 16.2. The van der Waals surface area contributed by atoms with Crippen LogP contribution in [-0.2, 0) is 4.79 Å². The number of hydrogen-bond acceptors (Lipinski definition) is 4. The minimum Gasteiger partial charge on any atom is -0.337 e. The van der Waals surface area contributed by atoms with E-state index in [-0.39, 0.29) is 11.7 Å². The Kier molecular flexibility index (Phi) is 6.05. The summed E-state index contributed by atoms with van der Waals surface area (Å²) in [4.78, 5) is 25.8. The van der Waals surface area contributed by atoms with Crippen molar-refractivity contribution in [1.82, 2.24) is 14.9 Å². The number of carbonyl (C=O) groups is 1. The van der Waals surface area contributed by atoms with Crippen molar-refractivity contribution in [1.29, 1.82) is 0 Å². The van der Waals surface area contributed by atoms with Gasteiger partial charge in [-0.1, -0.05) is 41.9 Å². The number of benzene rings is 2. The maximum atomic E-state index is 13.4. The average Bonchev–Trinajstić information content (AvgIpc) is 2.80. The summed E-state index contributed by atoms with van der Waals surface area (Å²) in [7, 11) is 0. The lowest BCUT2D eigenvalue weighted by Crippen LogP contribution is -2.49. The molecule has 1 fully saturated rings. The Labute approximate surface area is 179 Å². The first-order valence-corrected chi connectivity index (χ1v) is 10.0. The Bertz CT molecular complexity index is 1050. The predicted molar refractivity (Wildman–Crippen MR) is 117 cm³/mol. The van der Waals surface area contributed by atoms with Gasteiger partial charge in [-0.05, 0) is 41.5 Å². The molecule has 3 aromatic rings. The number of aromatic nitrogens is 2. The molecule has 1 aliphatic heterocycles. The fraction of sp³-hybridized carbons (Fsp3) is 0.174. The van der Waals surface area contributed by atoms with Crippen LogP contribution < -0.4 is 4.90 Å². The van der Waals surface area contributed by atoms with E-state index in [1.54, 1.807) is 47.6 Å². The van der Waals surface area contributed by atoms with Gasteiger partial charge in [-0.15, -0.1) is 0 Å². The monoisotopic (exact) mass is 422 g/mol. The molecule has 0 saturated carbocycles. The van der Waals surface area contributed by atoms with Gasteiger partial charge in [0.2, 0.25) is 5.95 Å². The minimum absolute atomic E-state index is 0.116. The van der Waals surface area contributed by atoms with Crippen molar-refractivity contribution >= 4 is 35.1 Å². The third-order valence-corrected chi connectivity index (χ3v) is 5.34. The van der Waals surface area contributed by atoms with Crippen molar-refractivity contribution in [2.24, 2.45) is 0 Å². The number of halogens is 2. The highest BCUT2D eigenvalue weighted by Crippen LogP contribution is 2.26. The maximum Gasteiger partial charge on any atom is 0.254 e. The summed E-state index contributed by atoms with van der Waals surface area (Å²) in [6, 6.07) is 15.0. The average molecular weight is 423 g/mol. The third kappa shape index (κ3) is 4.49. The van der Waals surface area contributed by atoms with Crippen LogP contribution in [0.4, 0.5) is 10.3 Å². The van der Waals surface area contributed by atoms with Crippen LogP contribution in [0, 0.1) is 5.82 Å². The van der Waals surface area contributed by atoms with Gasteiger partial charge in [-0.25, -0.2) is 14.4 Å². The van der Waals surface area contributed by atoms with Gasteiger partial charge in [0.15, 0.2) is 0 Å². The molecule has 5 nitrogen and oxygen atoms in total. The molecule has 1 saturated heterocycles. The molecule has 30 heavy (non-hydrogen) atoms. The van der Waals surface area contributed by atoms with Gasteiger partial charge in [0.25, 0.3) is 5.91 Å². The fourth-order valence-corrected chi connectivity index (χ4v) is 3.57. The lowest BCUT2D eigenvalue weighted by molar-refractivity contribution is -0.125. The van der Waals surface area contributed by atoms with Crippen molar-refractivity contribution < 1.29 is 9.18 Å². The third-order valence-electron chi connectivity index (χ3n) is 4.99. The highest BCUT2D eigenvalue weighted by Gasteiger charge is 2.25. The van der Waals surface area contributed by atoms with Gasteiger partial charge in [-0.2, -0.15) is 0 Å². The molecular formula is C23H20ClFN4O. The Morgan fingerprint density at radius 2 is 1.60 bits per heavy atom. The smallest absolute Gasteiger partial charge is 0.254 e. The molecule has 1 aromatic heterocycles. The Morgan fingerprint density at radius 3 is 2.27 bits per heavy atom. The number of piperazine rings is 1. The SMILES string of the molecule is O=C(/C(=C/c1ccccc1Cl)c1ccc(F)cc1)N1CCN(c2ncccn2)CC1. The molecular weight excluding hydrogens is 403 g/mol. The first-order chi connectivity index (χ1) is 14.6. The van der Waals surface area contributed by atoms with E-state index in [9.17, 15) is 9.18 Å². The van der Waals surface area contributed by atoms with Gasteiger partial charge in [-0.3, -0.25) is 4.79 Å². The van der Waals surface area contributed by atoms with Gasteiger partial charge in [0.05, 0.1) is 0 Å². The van der Waals surface area contributed by atoms with Crippen LogP contribution >= 0.6 is 11.6 Å². The van der Waals surface area contributed by atoms with Crippen LogP contribution in [0.2, 0.25) is 5.02 Å². The quantitative estimate of drug-likeness (QED) is 0.468. The molecule has 7 heteroatoms. The molecule has 0 bridgehead atoms. The van der Waals surface area contributed by atoms with Crippen molar-refractivity contribution in [2.75, 3.05) is 31.1 Å². The van der Waals surface area contributed by atoms with Crippen molar-refractivity contribution in [3.05, 3.63) is 89.0 Å². The van der Waals surface area contributed by atoms with Crippen LogP contribution in [0.15, 0.2) is 67.0 Å². The molecule has 2 heterocycles. The molecule has 2 aromatic carbocycles. The molecule has 0 N–H and O–H groups in total. The second-order valence-corrected chi connectivity index (χ2v) is 7.32. The van der Waals surface area contributed by atoms with Crippen molar-refractivity contribution in [2.45, 2.75) is 0 Å². The Balaban J connectivity index is 1.59. The summed E-state index contributed by atoms with van der Waals surface area (Å²) >= 11 is 6.31. The lowest BCUT2D eigenvalue weighted by atomic mass is 10.0. The topological polar surface area (TPSA) is 49.3 Å². The molecule has 0 aliphatic carbocycles. The van der Waals surface area contributed by atoms with Crippen molar-refractivity contribution in [3.63, 3.8) is 0 Å². The number of anilines is 1. The molecule has 0 spiro atoms. The molecule has 152 valence electrons. The molecule has 0 atom stereocenters.